The average Bonchev–Trinajstić information content (AvgIpc) is 3.07. The van der Waals surface area contributed by atoms with Crippen LogP contribution in [0.4, 0.5) is 5.82 Å². The van der Waals surface area contributed by atoms with Crippen LogP contribution in [0.1, 0.15) is 36.6 Å². The molecule has 2 aliphatic rings. The lowest BCUT2D eigenvalue weighted by molar-refractivity contribution is -0.118. The highest BCUT2D eigenvalue weighted by Crippen LogP contribution is 2.38. The number of fused-ring (bicyclic) bond motifs is 1. The lowest BCUT2D eigenvalue weighted by Crippen LogP contribution is -2.36. The quantitative estimate of drug-likeness (QED) is 0.750. The van der Waals surface area contributed by atoms with Gasteiger partial charge in [-0.15, -0.1) is 0 Å². The fourth-order valence-corrected chi connectivity index (χ4v) is 2.07. The molecule has 0 unspecified atom stereocenters. The van der Waals surface area contributed by atoms with Crippen LogP contribution in [0.3, 0.4) is 0 Å². The van der Waals surface area contributed by atoms with E-state index in [4.69, 9.17) is 0 Å². The first kappa shape index (κ1) is 9.57. The Kier molecular flexibility index (Phi) is 1.89. The predicted octanol–water partition coefficient (Wildman–Crippen LogP) is 0.556. The molecule has 0 atom stereocenters. The molecule has 1 fully saturated rings. The molecular formula is C11H13N3O2. The molecule has 2 heterocycles. The molecule has 1 aromatic heterocycles. The van der Waals surface area contributed by atoms with Gasteiger partial charge in [0.2, 0.25) is 5.91 Å². The zero-order valence-electron chi connectivity index (χ0n) is 9.12. The summed E-state index contributed by atoms with van der Waals surface area (Å²) in [5.41, 5.74) is 0.567. The number of amides is 1. The van der Waals surface area contributed by atoms with E-state index in [1.807, 2.05) is 0 Å². The summed E-state index contributed by atoms with van der Waals surface area (Å²) in [5, 5.41) is 0. The lowest BCUT2D eigenvalue weighted by Gasteiger charge is -2.24. The van der Waals surface area contributed by atoms with Crippen molar-refractivity contribution >= 4 is 11.7 Å². The fraction of sp³-hybridized carbons (Fsp3) is 0.545. The first-order valence-electron chi connectivity index (χ1n) is 5.56. The van der Waals surface area contributed by atoms with Gasteiger partial charge in [-0.1, -0.05) is 0 Å². The van der Waals surface area contributed by atoms with E-state index in [0.717, 1.165) is 18.7 Å². The van der Waals surface area contributed by atoms with E-state index < -0.39 is 0 Å². The van der Waals surface area contributed by atoms with Crippen LogP contribution in [0.2, 0.25) is 0 Å². The molecule has 0 bridgehead atoms. The molecule has 0 saturated heterocycles. The van der Waals surface area contributed by atoms with Gasteiger partial charge in [0.05, 0.1) is 5.56 Å². The number of aromatic amines is 1. The highest BCUT2D eigenvalue weighted by molar-refractivity contribution is 5.94. The molecule has 1 aliphatic carbocycles. The molecule has 1 N–H and O–H groups in total. The maximum atomic E-state index is 11.8. The topological polar surface area (TPSA) is 66.1 Å². The van der Waals surface area contributed by atoms with Crippen molar-refractivity contribution in [3.8, 4) is 0 Å². The first-order chi connectivity index (χ1) is 7.66. The number of nitrogens with zero attached hydrogens (tertiary/aromatic N) is 2. The summed E-state index contributed by atoms with van der Waals surface area (Å²) in [7, 11) is 1.68. The van der Waals surface area contributed by atoms with Crippen molar-refractivity contribution in [2.45, 2.75) is 31.6 Å². The van der Waals surface area contributed by atoms with Crippen LogP contribution in [0, 0.1) is 0 Å². The third-order valence-electron chi connectivity index (χ3n) is 3.26. The first-order valence-corrected chi connectivity index (χ1v) is 5.56. The van der Waals surface area contributed by atoms with Crippen molar-refractivity contribution < 1.29 is 4.79 Å². The maximum absolute atomic E-state index is 11.8. The van der Waals surface area contributed by atoms with Crippen molar-refractivity contribution in [1.29, 1.82) is 0 Å². The van der Waals surface area contributed by atoms with E-state index in [9.17, 15) is 9.59 Å². The molecule has 16 heavy (non-hydrogen) atoms. The Morgan fingerprint density at radius 3 is 2.75 bits per heavy atom. The van der Waals surface area contributed by atoms with Crippen LogP contribution in [0.15, 0.2) is 4.79 Å². The Balaban J connectivity index is 2.15. The van der Waals surface area contributed by atoms with Crippen LogP contribution in [-0.2, 0) is 11.2 Å². The molecular weight excluding hydrogens is 206 g/mol. The molecule has 1 aromatic rings. The molecule has 1 amide bonds. The molecule has 0 aromatic carbocycles. The predicted molar refractivity (Wildman–Crippen MR) is 58.6 cm³/mol. The van der Waals surface area contributed by atoms with Crippen molar-refractivity contribution in [3.05, 3.63) is 21.7 Å². The summed E-state index contributed by atoms with van der Waals surface area (Å²) in [6.45, 7) is 0. The van der Waals surface area contributed by atoms with Gasteiger partial charge in [-0.25, -0.2) is 4.98 Å². The summed E-state index contributed by atoms with van der Waals surface area (Å²) < 4.78 is 0. The zero-order valence-corrected chi connectivity index (χ0v) is 9.12. The van der Waals surface area contributed by atoms with Crippen molar-refractivity contribution in [1.82, 2.24) is 9.97 Å². The molecule has 5 heteroatoms. The SMILES string of the molecule is CN1C(=O)CCc2c1nc(C1CC1)[nH]c2=O. The number of carbonyl (C=O) groups is 1. The minimum Gasteiger partial charge on any atom is -0.310 e. The van der Waals surface area contributed by atoms with Crippen molar-refractivity contribution in [2.75, 3.05) is 11.9 Å². The van der Waals surface area contributed by atoms with Gasteiger partial charge in [-0.05, 0) is 19.3 Å². The number of carbonyl (C=O) groups excluding carboxylic acids is 1. The van der Waals surface area contributed by atoms with Crippen LogP contribution in [-0.4, -0.2) is 22.9 Å². The minimum absolute atomic E-state index is 0.0346. The van der Waals surface area contributed by atoms with Gasteiger partial charge < -0.3 is 4.98 Å². The second-order valence-electron chi connectivity index (χ2n) is 4.48. The summed E-state index contributed by atoms with van der Waals surface area (Å²) in [4.78, 5) is 32.1. The molecule has 1 aliphatic heterocycles. The maximum Gasteiger partial charge on any atom is 0.256 e. The van der Waals surface area contributed by atoms with Gasteiger partial charge in [0, 0.05) is 19.4 Å². The Labute approximate surface area is 92.5 Å². The highest BCUT2D eigenvalue weighted by Gasteiger charge is 2.30. The molecule has 0 spiro atoms. The molecule has 3 rings (SSSR count). The fourth-order valence-electron chi connectivity index (χ4n) is 2.07. The van der Waals surface area contributed by atoms with E-state index >= 15 is 0 Å². The zero-order chi connectivity index (χ0) is 11.3. The Hall–Kier alpha value is -1.65. The van der Waals surface area contributed by atoms with Crippen LogP contribution < -0.4 is 10.5 Å². The third kappa shape index (κ3) is 1.35. The Morgan fingerprint density at radius 1 is 1.31 bits per heavy atom. The van der Waals surface area contributed by atoms with Gasteiger partial charge in [0.1, 0.15) is 11.6 Å². The second-order valence-corrected chi connectivity index (χ2v) is 4.48. The average molecular weight is 219 g/mol. The summed E-state index contributed by atoms with van der Waals surface area (Å²) >= 11 is 0. The third-order valence-corrected chi connectivity index (χ3v) is 3.26. The standard InChI is InChI=1S/C11H13N3O2/c1-14-8(15)5-4-7-10(14)12-9(6-2-3-6)13-11(7)16/h6H,2-5H2,1H3,(H,12,13,16). The number of rotatable bonds is 1. The minimum atomic E-state index is -0.0775. The second kappa shape index (κ2) is 3.17. The number of nitrogens with one attached hydrogen (secondary N) is 1. The largest absolute Gasteiger partial charge is 0.310 e. The molecule has 84 valence electrons. The smallest absolute Gasteiger partial charge is 0.256 e. The normalized spacial score (nSPS) is 19.8. The van der Waals surface area contributed by atoms with Gasteiger partial charge in [-0.2, -0.15) is 0 Å². The van der Waals surface area contributed by atoms with Gasteiger partial charge in [0.25, 0.3) is 5.56 Å². The summed E-state index contributed by atoms with van der Waals surface area (Å²) in [5.74, 6) is 1.72. The van der Waals surface area contributed by atoms with E-state index in [2.05, 4.69) is 9.97 Å². The van der Waals surface area contributed by atoms with E-state index in [-0.39, 0.29) is 11.5 Å². The number of H-pyrrole nitrogens is 1. The summed E-state index contributed by atoms with van der Waals surface area (Å²) in [6, 6.07) is 0. The number of hydrogen-bond donors (Lipinski definition) is 1. The van der Waals surface area contributed by atoms with Gasteiger partial charge in [0.15, 0.2) is 0 Å². The van der Waals surface area contributed by atoms with Crippen molar-refractivity contribution in [2.24, 2.45) is 0 Å². The van der Waals surface area contributed by atoms with Crippen LogP contribution in [0.25, 0.3) is 0 Å². The highest BCUT2D eigenvalue weighted by atomic mass is 16.2. The number of anilines is 1. The van der Waals surface area contributed by atoms with Gasteiger partial charge in [-0.3, -0.25) is 14.5 Å². The lowest BCUT2D eigenvalue weighted by atomic mass is 10.1. The van der Waals surface area contributed by atoms with Crippen LogP contribution in [0.5, 0.6) is 0 Å². The molecule has 1 saturated carbocycles. The van der Waals surface area contributed by atoms with Gasteiger partial charge >= 0.3 is 0 Å². The Bertz CT molecular complexity index is 516. The molecule has 5 nitrogen and oxygen atoms in total. The van der Waals surface area contributed by atoms with E-state index in [1.165, 1.54) is 4.90 Å². The van der Waals surface area contributed by atoms with E-state index in [0.29, 0.717) is 30.1 Å². The summed E-state index contributed by atoms with van der Waals surface area (Å²) in [6.07, 6.45) is 3.07. The van der Waals surface area contributed by atoms with Crippen LogP contribution >= 0.6 is 0 Å². The van der Waals surface area contributed by atoms with Crippen molar-refractivity contribution in [3.63, 3.8) is 0 Å². The number of aromatic nitrogens is 2. The number of hydrogen-bond acceptors (Lipinski definition) is 3. The Morgan fingerprint density at radius 2 is 2.06 bits per heavy atom. The monoisotopic (exact) mass is 219 g/mol. The van der Waals surface area contributed by atoms with E-state index in [1.54, 1.807) is 7.05 Å². The molecule has 0 radical (unpaired) electrons.